The van der Waals surface area contributed by atoms with Crippen molar-refractivity contribution in [1.82, 2.24) is 0 Å². The maximum atomic E-state index is 4.85. The molecule has 0 spiro atoms. The first-order chi connectivity index (χ1) is 6.40. The zero-order valence-corrected chi connectivity index (χ0v) is 13.6. The molecular formula is C8H14S6. The van der Waals surface area contributed by atoms with Crippen LogP contribution < -0.4 is 0 Å². The van der Waals surface area contributed by atoms with Crippen molar-refractivity contribution in [3.05, 3.63) is 0 Å². The van der Waals surface area contributed by atoms with E-state index in [9.17, 15) is 0 Å². The van der Waals surface area contributed by atoms with Crippen molar-refractivity contribution >= 4 is 84.5 Å². The molecule has 0 bridgehead atoms. The summed E-state index contributed by atoms with van der Waals surface area (Å²) in [6.07, 6.45) is 1.97. The Morgan fingerprint density at radius 1 is 0.857 bits per heavy atom. The van der Waals surface area contributed by atoms with Crippen LogP contribution in [-0.2, 0) is 0 Å². The van der Waals surface area contributed by atoms with E-state index < -0.39 is 0 Å². The van der Waals surface area contributed by atoms with Gasteiger partial charge in [-0.05, 0) is 27.0 Å². The second kappa shape index (κ2) is 12.4. The molecule has 0 N–H and O–H groups in total. The molecule has 0 aromatic carbocycles. The minimum Gasteiger partial charge on any atom is -0.123 e. The van der Waals surface area contributed by atoms with Crippen molar-refractivity contribution in [3.63, 3.8) is 0 Å². The van der Waals surface area contributed by atoms with Crippen molar-refractivity contribution in [1.29, 1.82) is 0 Å². The minimum absolute atomic E-state index is 0.963. The van der Waals surface area contributed by atoms with Crippen LogP contribution in [0.4, 0.5) is 0 Å². The van der Waals surface area contributed by atoms with Gasteiger partial charge in [-0.3, -0.25) is 0 Å². The smallest absolute Gasteiger partial charge is 0.0496 e. The first kappa shape index (κ1) is 17.7. The number of rotatable bonds is 2. The SMILES string of the molecule is CC(=S)SCSC(C)=S.CSC(C)=S. The minimum atomic E-state index is 0.963. The van der Waals surface area contributed by atoms with Crippen LogP contribution in [0.15, 0.2) is 0 Å². The summed E-state index contributed by atoms with van der Waals surface area (Å²) in [7, 11) is 0. The number of hydrogen-bond acceptors (Lipinski definition) is 6. The fourth-order valence-corrected chi connectivity index (χ4v) is 2.62. The molecule has 82 valence electrons. The zero-order chi connectivity index (χ0) is 11.6. The van der Waals surface area contributed by atoms with Crippen LogP contribution >= 0.6 is 71.9 Å². The highest BCUT2D eigenvalue weighted by atomic mass is 32.2. The lowest BCUT2D eigenvalue weighted by Crippen LogP contribution is -1.81. The molecule has 0 saturated heterocycles. The van der Waals surface area contributed by atoms with Crippen molar-refractivity contribution in [2.45, 2.75) is 20.8 Å². The molecular weight excluding hydrogens is 288 g/mol. The summed E-state index contributed by atoms with van der Waals surface area (Å²) in [4.78, 5) is 0. The quantitative estimate of drug-likeness (QED) is 0.527. The molecule has 14 heavy (non-hydrogen) atoms. The van der Waals surface area contributed by atoms with Gasteiger partial charge in [0.2, 0.25) is 0 Å². The molecule has 0 aliphatic heterocycles. The highest BCUT2D eigenvalue weighted by Crippen LogP contribution is 2.14. The molecule has 0 nitrogen and oxygen atoms in total. The third-order valence-corrected chi connectivity index (χ3v) is 4.35. The predicted octanol–water partition coefficient (Wildman–Crippen LogP) is 4.80. The topological polar surface area (TPSA) is 0 Å². The molecule has 6 heteroatoms. The zero-order valence-electron chi connectivity index (χ0n) is 8.66. The fraction of sp³-hybridized carbons (Fsp3) is 0.625. The highest BCUT2D eigenvalue weighted by Gasteiger charge is 1.90. The Morgan fingerprint density at radius 3 is 1.29 bits per heavy atom. The lowest BCUT2D eigenvalue weighted by Gasteiger charge is -1.94. The average molecular weight is 303 g/mol. The Morgan fingerprint density at radius 2 is 1.14 bits per heavy atom. The normalized spacial score (nSPS) is 8.57. The summed E-state index contributed by atoms with van der Waals surface area (Å²) < 4.78 is 2.97. The summed E-state index contributed by atoms with van der Waals surface area (Å²) in [5.41, 5.74) is 0. The first-order valence-electron chi connectivity index (χ1n) is 3.71. The molecule has 0 aliphatic rings. The standard InChI is InChI=1S/C5H8S4.C3H6S2/c1-4(6)8-3-9-5(2)7;1-3(4)5-2/h3H2,1-2H3;1-2H3. The molecule has 0 amide bonds. The number of hydrogen-bond donors (Lipinski definition) is 0. The van der Waals surface area contributed by atoms with E-state index in [1.807, 2.05) is 27.0 Å². The summed E-state index contributed by atoms with van der Waals surface area (Å²) in [5.74, 6) is 0. The van der Waals surface area contributed by atoms with E-state index in [1.54, 1.807) is 35.3 Å². The van der Waals surface area contributed by atoms with E-state index in [0.29, 0.717) is 0 Å². The number of thiocarbonyl (C=S) groups is 3. The summed E-state index contributed by atoms with van der Waals surface area (Å²) >= 11 is 19.3. The fourth-order valence-electron chi connectivity index (χ4n) is 0.195. The van der Waals surface area contributed by atoms with Gasteiger partial charge in [-0.15, -0.1) is 35.3 Å². The Hall–Kier alpha value is 1.32. The van der Waals surface area contributed by atoms with Crippen molar-refractivity contribution in [2.24, 2.45) is 0 Å². The molecule has 0 unspecified atom stereocenters. The van der Waals surface area contributed by atoms with E-state index in [4.69, 9.17) is 24.4 Å². The predicted molar refractivity (Wildman–Crippen MR) is 88.4 cm³/mol. The molecule has 0 aromatic rings. The largest absolute Gasteiger partial charge is 0.123 e. The van der Waals surface area contributed by atoms with Gasteiger partial charge < -0.3 is 0 Å². The lowest BCUT2D eigenvalue weighted by molar-refractivity contribution is 2.09. The molecule has 0 aliphatic carbocycles. The second-order valence-electron chi connectivity index (χ2n) is 2.09. The lowest BCUT2D eigenvalue weighted by atomic mass is 11.0. The van der Waals surface area contributed by atoms with Crippen LogP contribution in [0.5, 0.6) is 0 Å². The summed E-state index contributed by atoms with van der Waals surface area (Å²) in [5, 5.41) is 0.963. The molecule has 0 aromatic heterocycles. The van der Waals surface area contributed by atoms with Crippen LogP contribution in [0.25, 0.3) is 0 Å². The summed E-state index contributed by atoms with van der Waals surface area (Å²) in [6, 6.07) is 0. The van der Waals surface area contributed by atoms with E-state index in [-0.39, 0.29) is 0 Å². The molecule has 0 heterocycles. The van der Waals surface area contributed by atoms with Crippen LogP contribution in [-0.4, -0.2) is 23.9 Å². The number of thioether (sulfide) groups is 3. The third-order valence-electron chi connectivity index (χ3n) is 0.812. The van der Waals surface area contributed by atoms with Crippen LogP contribution in [0.3, 0.4) is 0 Å². The van der Waals surface area contributed by atoms with E-state index in [0.717, 1.165) is 17.7 Å². The third kappa shape index (κ3) is 23.3. The molecule has 0 saturated carbocycles. The van der Waals surface area contributed by atoms with Gasteiger partial charge in [-0.25, -0.2) is 0 Å². The monoisotopic (exact) mass is 302 g/mol. The van der Waals surface area contributed by atoms with Gasteiger partial charge in [-0.1, -0.05) is 36.7 Å². The van der Waals surface area contributed by atoms with E-state index in [1.165, 1.54) is 0 Å². The van der Waals surface area contributed by atoms with Gasteiger partial charge in [0.25, 0.3) is 0 Å². The Kier molecular flexibility index (Phi) is 15.7. The van der Waals surface area contributed by atoms with Gasteiger partial charge in [-0.2, -0.15) is 0 Å². The van der Waals surface area contributed by atoms with Crippen molar-refractivity contribution in [3.8, 4) is 0 Å². The van der Waals surface area contributed by atoms with Crippen molar-refractivity contribution < 1.29 is 0 Å². The van der Waals surface area contributed by atoms with Gasteiger partial charge in [0.1, 0.15) is 0 Å². The Balaban J connectivity index is 0. The van der Waals surface area contributed by atoms with Gasteiger partial charge in [0.05, 0.1) is 0 Å². The van der Waals surface area contributed by atoms with Crippen LogP contribution in [0, 0.1) is 0 Å². The second-order valence-corrected chi connectivity index (χ2v) is 8.46. The Bertz CT molecular complexity index is 184. The summed E-state index contributed by atoms with van der Waals surface area (Å²) in [6.45, 7) is 5.78. The maximum Gasteiger partial charge on any atom is 0.0496 e. The van der Waals surface area contributed by atoms with Gasteiger partial charge >= 0.3 is 0 Å². The van der Waals surface area contributed by atoms with Crippen LogP contribution in [0.1, 0.15) is 20.8 Å². The van der Waals surface area contributed by atoms with Crippen molar-refractivity contribution in [2.75, 3.05) is 11.3 Å². The average Bonchev–Trinajstić information content (AvgIpc) is 2.04. The molecule has 0 atom stereocenters. The van der Waals surface area contributed by atoms with Crippen LogP contribution in [0.2, 0.25) is 0 Å². The maximum absolute atomic E-state index is 4.85. The van der Waals surface area contributed by atoms with Gasteiger partial charge in [0, 0.05) is 17.7 Å². The molecule has 0 radical (unpaired) electrons. The first-order valence-corrected chi connectivity index (χ1v) is 8.13. The molecule has 0 fully saturated rings. The highest BCUT2D eigenvalue weighted by molar-refractivity contribution is 8.35. The van der Waals surface area contributed by atoms with Gasteiger partial charge in [0.15, 0.2) is 0 Å². The van der Waals surface area contributed by atoms with E-state index in [2.05, 4.69) is 12.2 Å². The Labute approximate surface area is 116 Å². The molecule has 0 rings (SSSR count). The van der Waals surface area contributed by atoms with E-state index >= 15 is 0 Å².